The van der Waals surface area contributed by atoms with E-state index in [1.807, 2.05) is 37.4 Å². The summed E-state index contributed by atoms with van der Waals surface area (Å²) in [6, 6.07) is 10.1. The first-order valence-electron chi connectivity index (χ1n) is 5.77. The number of aliphatic hydroxyl groups excluding tert-OH is 1. The fraction of sp³-hybridized carbons (Fsp3) is 0.538. The third-order valence-corrected chi connectivity index (χ3v) is 3.35. The molecule has 0 aromatic heterocycles. The Labute approximate surface area is 96.6 Å². The standard InChI is InChI=1S/C13H19NO2/c1-14-9-5-8-13(14,11-15)16-10-12-6-3-2-4-7-12/h2-4,6-7,15H,5,8-11H2,1H3/t13-/m1/s1. The van der Waals surface area contributed by atoms with E-state index in [9.17, 15) is 5.11 Å². The fourth-order valence-corrected chi connectivity index (χ4v) is 2.21. The molecule has 1 atom stereocenters. The summed E-state index contributed by atoms with van der Waals surface area (Å²) >= 11 is 0. The molecule has 0 unspecified atom stereocenters. The molecule has 0 aliphatic carbocycles. The molecule has 1 aromatic rings. The molecule has 0 saturated carbocycles. The van der Waals surface area contributed by atoms with Gasteiger partial charge in [-0.1, -0.05) is 30.3 Å². The van der Waals surface area contributed by atoms with Gasteiger partial charge in [0, 0.05) is 6.54 Å². The Kier molecular flexibility index (Phi) is 3.59. The second-order valence-electron chi connectivity index (χ2n) is 4.40. The van der Waals surface area contributed by atoms with Crippen molar-refractivity contribution >= 4 is 0 Å². The number of likely N-dealkylation sites (N-methyl/N-ethyl adjacent to an activating group) is 1. The molecular weight excluding hydrogens is 202 g/mol. The molecule has 0 amide bonds. The van der Waals surface area contributed by atoms with E-state index in [2.05, 4.69) is 4.90 Å². The minimum atomic E-state index is -0.462. The van der Waals surface area contributed by atoms with Gasteiger partial charge in [0.2, 0.25) is 0 Å². The van der Waals surface area contributed by atoms with Crippen LogP contribution in [0.2, 0.25) is 0 Å². The van der Waals surface area contributed by atoms with E-state index in [0.29, 0.717) is 6.61 Å². The molecule has 1 aliphatic rings. The first kappa shape index (κ1) is 11.6. The lowest BCUT2D eigenvalue weighted by Gasteiger charge is -2.34. The van der Waals surface area contributed by atoms with Gasteiger partial charge in [0.1, 0.15) is 5.72 Å². The van der Waals surface area contributed by atoms with Gasteiger partial charge in [0.05, 0.1) is 13.2 Å². The van der Waals surface area contributed by atoms with E-state index in [1.54, 1.807) is 0 Å². The molecule has 1 aromatic carbocycles. The van der Waals surface area contributed by atoms with Gasteiger partial charge in [-0.05, 0) is 25.5 Å². The maximum Gasteiger partial charge on any atom is 0.145 e. The molecule has 1 fully saturated rings. The van der Waals surface area contributed by atoms with E-state index in [-0.39, 0.29) is 6.61 Å². The van der Waals surface area contributed by atoms with Crippen LogP contribution in [0.3, 0.4) is 0 Å². The number of benzene rings is 1. The summed E-state index contributed by atoms with van der Waals surface area (Å²) < 4.78 is 5.91. The van der Waals surface area contributed by atoms with E-state index in [1.165, 1.54) is 0 Å². The zero-order valence-electron chi connectivity index (χ0n) is 9.72. The number of likely N-dealkylation sites (tertiary alicyclic amines) is 1. The van der Waals surface area contributed by atoms with Crippen LogP contribution in [0.15, 0.2) is 30.3 Å². The zero-order chi connectivity index (χ0) is 11.4. The molecule has 88 valence electrons. The van der Waals surface area contributed by atoms with Gasteiger partial charge in [-0.2, -0.15) is 0 Å². The Morgan fingerprint density at radius 1 is 1.38 bits per heavy atom. The Balaban J connectivity index is 1.98. The number of hydrogen-bond acceptors (Lipinski definition) is 3. The highest BCUT2D eigenvalue weighted by molar-refractivity contribution is 5.13. The second-order valence-corrected chi connectivity index (χ2v) is 4.40. The lowest BCUT2D eigenvalue weighted by molar-refractivity contribution is -0.160. The maximum atomic E-state index is 9.50. The lowest BCUT2D eigenvalue weighted by atomic mass is 10.1. The van der Waals surface area contributed by atoms with E-state index >= 15 is 0 Å². The second kappa shape index (κ2) is 4.95. The normalized spacial score (nSPS) is 26.1. The van der Waals surface area contributed by atoms with Crippen LogP contribution in [-0.4, -0.2) is 35.9 Å². The fourth-order valence-electron chi connectivity index (χ4n) is 2.21. The molecule has 1 N–H and O–H groups in total. The van der Waals surface area contributed by atoms with Gasteiger partial charge in [0.15, 0.2) is 0 Å². The zero-order valence-corrected chi connectivity index (χ0v) is 9.72. The minimum absolute atomic E-state index is 0.0658. The monoisotopic (exact) mass is 221 g/mol. The molecular formula is C13H19NO2. The Morgan fingerprint density at radius 2 is 2.12 bits per heavy atom. The van der Waals surface area contributed by atoms with Crippen LogP contribution in [0, 0.1) is 0 Å². The van der Waals surface area contributed by atoms with Gasteiger partial charge in [0.25, 0.3) is 0 Å². The third kappa shape index (κ3) is 2.26. The van der Waals surface area contributed by atoms with Gasteiger partial charge in [-0.3, -0.25) is 4.90 Å². The summed E-state index contributed by atoms with van der Waals surface area (Å²) in [6.07, 6.45) is 2.00. The van der Waals surface area contributed by atoms with Crippen LogP contribution >= 0.6 is 0 Å². The molecule has 3 heteroatoms. The smallest absolute Gasteiger partial charge is 0.145 e. The highest BCUT2D eigenvalue weighted by atomic mass is 16.5. The maximum absolute atomic E-state index is 9.50. The minimum Gasteiger partial charge on any atom is -0.392 e. The van der Waals surface area contributed by atoms with Crippen molar-refractivity contribution in [1.29, 1.82) is 0 Å². The summed E-state index contributed by atoms with van der Waals surface area (Å²) in [5.74, 6) is 0. The van der Waals surface area contributed by atoms with Crippen LogP contribution in [0.25, 0.3) is 0 Å². The largest absolute Gasteiger partial charge is 0.392 e. The molecule has 0 spiro atoms. The molecule has 1 aliphatic heterocycles. The average Bonchev–Trinajstić information content (AvgIpc) is 2.70. The summed E-state index contributed by atoms with van der Waals surface area (Å²) in [6.45, 7) is 1.62. The highest BCUT2D eigenvalue weighted by Gasteiger charge is 2.39. The average molecular weight is 221 g/mol. The summed E-state index contributed by atoms with van der Waals surface area (Å²) in [7, 11) is 2.01. The first-order valence-corrected chi connectivity index (χ1v) is 5.77. The number of rotatable bonds is 4. The van der Waals surface area contributed by atoms with E-state index in [4.69, 9.17) is 4.74 Å². The summed E-state index contributed by atoms with van der Waals surface area (Å²) in [4.78, 5) is 2.11. The Bertz CT molecular complexity index is 328. The van der Waals surface area contributed by atoms with Gasteiger partial charge >= 0.3 is 0 Å². The lowest BCUT2D eigenvalue weighted by Crippen LogP contribution is -2.47. The Hall–Kier alpha value is -0.900. The van der Waals surface area contributed by atoms with Crippen molar-refractivity contribution in [2.45, 2.75) is 25.2 Å². The van der Waals surface area contributed by atoms with Crippen LogP contribution in [0.5, 0.6) is 0 Å². The number of ether oxygens (including phenoxy) is 1. The van der Waals surface area contributed by atoms with Gasteiger partial charge in [-0.25, -0.2) is 0 Å². The molecule has 0 bridgehead atoms. The van der Waals surface area contributed by atoms with Gasteiger partial charge < -0.3 is 9.84 Å². The summed E-state index contributed by atoms with van der Waals surface area (Å²) in [5.41, 5.74) is 0.686. The van der Waals surface area contributed by atoms with Crippen molar-refractivity contribution in [3.05, 3.63) is 35.9 Å². The topological polar surface area (TPSA) is 32.7 Å². The van der Waals surface area contributed by atoms with Crippen LogP contribution in [0.1, 0.15) is 18.4 Å². The SMILES string of the molecule is CN1CCC[C@]1(CO)OCc1ccccc1. The molecule has 1 saturated heterocycles. The van der Waals surface area contributed by atoms with Crippen molar-refractivity contribution in [1.82, 2.24) is 4.90 Å². The first-order chi connectivity index (χ1) is 7.77. The van der Waals surface area contributed by atoms with Crippen molar-refractivity contribution < 1.29 is 9.84 Å². The predicted octanol–water partition coefficient (Wildman–Crippen LogP) is 1.62. The van der Waals surface area contributed by atoms with Crippen LogP contribution < -0.4 is 0 Å². The quantitative estimate of drug-likeness (QED) is 0.838. The number of nitrogens with zero attached hydrogens (tertiary/aromatic N) is 1. The molecule has 16 heavy (non-hydrogen) atoms. The van der Waals surface area contributed by atoms with E-state index in [0.717, 1.165) is 24.9 Å². The van der Waals surface area contributed by atoms with Crippen LogP contribution in [0.4, 0.5) is 0 Å². The molecule has 1 heterocycles. The molecule has 2 rings (SSSR count). The molecule has 3 nitrogen and oxygen atoms in total. The van der Waals surface area contributed by atoms with Crippen molar-refractivity contribution in [3.8, 4) is 0 Å². The van der Waals surface area contributed by atoms with Crippen molar-refractivity contribution in [3.63, 3.8) is 0 Å². The third-order valence-electron chi connectivity index (χ3n) is 3.35. The molecule has 0 radical (unpaired) electrons. The van der Waals surface area contributed by atoms with Crippen molar-refractivity contribution in [2.75, 3.05) is 20.2 Å². The Morgan fingerprint density at radius 3 is 2.69 bits per heavy atom. The van der Waals surface area contributed by atoms with Crippen molar-refractivity contribution in [2.24, 2.45) is 0 Å². The number of hydrogen-bond donors (Lipinski definition) is 1. The van der Waals surface area contributed by atoms with Gasteiger partial charge in [-0.15, -0.1) is 0 Å². The predicted molar refractivity (Wildman–Crippen MR) is 62.9 cm³/mol. The summed E-state index contributed by atoms with van der Waals surface area (Å²) in [5, 5.41) is 9.50. The van der Waals surface area contributed by atoms with E-state index < -0.39 is 5.72 Å². The van der Waals surface area contributed by atoms with Crippen LogP contribution in [-0.2, 0) is 11.3 Å². The highest BCUT2D eigenvalue weighted by Crippen LogP contribution is 2.29. The number of aliphatic hydroxyl groups is 1.